The highest BCUT2D eigenvalue weighted by Gasteiger charge is 2.14. The topological polar surface area (TPSA) is 37.8 Å². The molecule has 1 fully saturated rings. The van der Waals surface area contributed by atoms with E-state index < -0.39 is 0 Å². The first-order valence-corrected chi connectivity index (χ1v) is 7.17. The summed E-state index contributed by atoms with van der Waals surface area (Å²) < 4.78 is 13.3. The molecule has 0 aliphatic heterocycles. The average molecular weight is 271 g/mol. The van der Waals surface area contributed by atoms with E-state index in [0.29, 0.717) is 12.0 Å². The fourth-order valence-electron chi connectivity index (χ4n) is 2.67. The van der Waals surface area contributed by atoms with Crippen LogP contribution >= 0.6 is 0 Å². The predicted molar refractivity (Wildman–Crippen MR) is 77.9 cm³/mol. The Kier molecular flexibility index (Phi) is 3.90. The standard InChI is InChI=1S/C16H18FN3/c17-13-6-4-5-12(11-13)15-9-10-18-16(20-15)19-14-7-2-1-3-8-14/h4-6,9-11,14H,1-3,7-8H2,(H,18,19,20). The van der Waals surface area contributed by atoms with Crippen LogP contribution in [-0.4, -0.2) is 16.0 Å². The molecule has 4 heteroatoms. The van der Waals surface area contributed by atoms with Gasteiger partial charge in [0.15, 0.2) is 0 Å². The van der Waals surface area contributed by atoms with E-state index in [2.05, 4.69) is 15.3 Å². The minimum absolute atomic E-state index is 0.247. The molecule has 0 saturated heterocycles. The summed E-state index contributed by atoms with van der Waals surface area (Å²) in [5.74, 6) is 0.390. The SMILES string of the molecule is Fc1cccc(-c2ccnc(NC3CCCCC3)n2)c1. The summed E-state index contributed by atoms with van der Waals surface area (Å²) in [6.07, 6.45) is 7.92. The van der Waals surface area contributed by atoms with Crippen LogP contribution in [0.3, 0.4) is 0 Å². The summed E-state index contributed by atoms with van der Waals surface area (Å²) >= 11 is 0. The van der Waals surface area contributed by atoms with Crippen molar-refractivity contribution in [1.82, 2.24) is 9.97 Å². The molecule has 20 heavy (non-hydrogen) atoms. The second-order valence-electron chi connectivity index (χ2n) is 5.26. The van der Waals surface area contributed by atoms with Crippen molar-refractivity contribution in [3.05, 3.63) is 42.3 Å². The number of nitrogens with one attached hydrogen (secondary N) is 1. The average Bonchev–Trinajstić information content (AvgIpc) is 2.49. The van der Waals surface area contributed by atoms with Crippen molar-refractivity contribution in [3.8, 4) is 11.3 Å². The van der Waals surface area contributed by atoms with E-state index in [4.69, 9.17) is 0 Å². The van der Waals surface area contributed by atoms with Gasteiger partial charge in [0, 0.05) is 17.8 Å². The van der Waals surface area contributed by atoms with E-state index in [9.17, 15) is 4.39 Å². The first-order chi connectivity index (χ1) is 9.81. The number of halogens is 1. The molecule has 0 amide bonds. The highest BCUT2D eigenvalue weighted by Crippen LogP contribution is 2.22. The molecule has 1 aromatic carbocycles. The molecule has 3 rings (SSSR count). The van der Waals surface area contributed by atoms with Crippen molar-refractivity contribution >= 4 is 5.95 Å². The summed E-state index contributed by atoms with van der Waals surface area (Å²) in [7, 11) is 0. The van der Waals surface area contributed by atoms with E-state index >= 15 is 0 Å². The monoisotopic (exact) mass is 271 g/mol. The number of hydrogen-bond acceptors (Lipinski definition) is 3. The first kappa shape index (κ1) is 13.0. The van der Waals surface area contributed by atoms with Gasteiger partial charge in [-0.2, -0.15) is 0 Å². The van der Waals surface area contributed by atoms with E-state index in [-0.39, 0.29) is 5.82 Å². The smallest absolute Gasteiger partial charge is 0.223 e. The lowest BCUT2D eigenvalue weighted by atomic mass is 9.96. The van der Waals surface area contributed by atoms with E-state index in [1.165, 1.54) is 44.2 Å². The number of nitrogens with zero attached hydrogens (tertiary/aromatic N) is 2. The molecule has 1 heterocycles. The van der Waals surface area contributed by atoms with Crippen LogP contribution in [0.5, 0.6) is 0 Å². The van der Waals surface area contributed by atoms with Crippen LogP contribution in [0.4, 0.5) is 10.3 Å². The van der Waals surface area contributed by atoms with Crippen LogP contribution in [0.25, 0.3) is 11.3 Å². The number of rotatable bonds is 3. The summed E-state index contributed by atoms with van der Waals surface area (Å²) in [5, 5.41) is 3.39. The molecule has 1 aliphatic carbocycles. The molecule has 1 aromatic heterocycles. The van der Waals surface area contributed by atoms with E-state index in [1.54, 1.807) is 18.3 Å². The Labute approximate surface area is 118 Å². The molecule has 1 aliphatic rings. The minimum Gasteiger partial charge on any atom is -0.351 e. The minimum atomic E-state index is -0.247. The van der Waals surface area contributed by atoms with Gasteiger partial charge in [-0.25, -0.2) is 14.4 Å². The quantitative estimate of drug-likeness (QED) is 0.916. The molecule has 0 radical (unpaired) electrons. The highest BCUT2D eigenvalue weighted by molar-refractivity contribution is 5.59. The molecule has 0 atom stereocenters. The third-order valence-corrected chi connectivity index (χ3v) is 3.71. The summed E-state index contributed by atoms with van der Waals surface area (Å²) in [4.78, 5) is 8.75. The zero-order valence-electron chi connectivity index (χ0n) is 11.3. The maximum absolute atomic E-state index is 13.3. The van der Waals surface area contributed by atoms with Crippen LogP contribution in [0.2, 0.25) is 0 Å². The Hall–Kier alpha value is -1.97. The molecular weight excluding hydrogens is 253 g/mol. The molecule has 3 nitrogen and oxygen atoms in total. The molecule has 1 N–H and O–H groups in total. The Balaban J connectivity index is 1.78. The zero-order chi connectivity index (χ0) is 13.8. The van der Waals surface area contributed by atoms with Gasteiger partial charge in [0.1, 0.15) is 5.82 Å². The number of hydrogen-bond donors (Lipinski definition) is 1. The Morgan fingerprint density at radius 2 is 1.95 bits per heavy atom. The molecule has 0 bridgehead atoms. The normalized spacial score (nSPS) is 16.1. The Morgan fingerprint density at radius 1 is 1.10 bits per heavy atom. The van der Waals surface area contributed by atoms with E-state index in [0.717, 1.165) is 11.3 Å². The van der Waals surface area contributed by atoms with Gasteiger partial charge in [0.25, 0.3) is 0 Å². The fraction of sp³-hybridized carbons (Fsp3) is 0.375. The Morgan fingerprint density at radius 3 is 2.75 bits per heavy atom. The molecule has 0 spiro atoms. The van der Waals surface area contributed by atoms with Gasteiger partial charge in [-0.3, -0.25) is 0 Å². The van der Waals surface area contributed by atoms with Crippen LogP contribution in [0.1, 0.15) is 32.1 Å². The summed E-state index contributed by atoms with van der Waals surface area (Å²) in [6, 6.07) is 8.75. The second kappa shape index (κ2) is 5.99. The van der Waals surface area contributed by atoms with Crippen LogP contribution in [-0.2, 0) is 0 Å². The van der Waals surface area contributed by atoms with Crippen molar-refractivity contribution in [2.45, 2.75) is 38.1 Å². The summed E-state index contributed by atoms with van der Waals surface area (Å²) in [6.45, 7) is 0. The van der Waals surface area contributed by atoms with Crippen LogP contribution in [0, 0.1) is 5.82 Å². The maximum atomic E-state index is 13.3. The lowest BCUT2D eigenvalue weighted by Gasteiger charge is -2.22. The molecular formula is C16H18FN3. The van der Waals surface area contributed by atoms with Crippen LogP contribution in [0.15, 0.2) is 36.5 Å². The second-order valence-corrected chi connectivity index (χ2v) is 5.26. The first-order valence-electron chi connectivity index (χ1n) is 7.17. The third-order valence-electron chi connectivity index (χ3n) is 3.71. The largest absolute Gasteiger partial charge is 0.351 e. The fourth-order valence-corrected chi connectivity index (χ4v) is 2.67. The lowest BCUT2D eigenvalue weighted by molar-refractivity contribution is 0.461. The van der Waals surface area contributed by atoms with Crippen molar-refractivity contribution in [2.24, 2.45) is 0 Å². The van der Waals surface area contributed by atoms with Crippen molar-refractivity contribution < 1.29 is 4.39 Å². The third kappa shape index (κ3) is 3.13. The van der Waals surface area contributed by atoms with Gasteiger partial charge in [-0.15, -0.1) is 0 Å². The Bertz CT molecular complexity index is 579. The van der Waals surface area contributed by atoms with Gasteiger partial charge < -0.3 is 5.32 Å². The summed E-state index contributed by atoms with van der Waals surface area (Å²) in [5.41, 5.74) is 1.52. The highest BCUT2D eigenvalue weighted by atomic mass is 19.1. The van der Waals surface area contributed by atoms with Crippen LogP contribution < -0.4 is 5.32 Å². The maximum Gasteiger partial charge on any atom is 0.223 e. The van der Waals surface area contributed by atoms with Gasteiger partial charge in [0.05, 0.1) is 5.69 Å². The van der Waals surface area contributed by atoms with Gasteiger partial charge in [-0.1, -0.05) is 31.4 Å². The molecule has 1 saturated carbocycles. The van der Waals surface area contributed by atoms with E-state index in [1.807, 2.05) is 6.07 Å². The van der Waals surface area contributed by atoms with Crippen molar-refractivity contribution in [2.75, 3.05) is 5.32 Å². The molecule has 2 aromatic rings. The lowest BCUT2D eigenvalue weighted by Crippen LogP contribution is -2.23. The molecule has 104 valence electrons. The molecule has 0 unspecified atom stereocenters. The number of benzene rings is 1. The van der Waals surface area contributed by atoms with Crippen molar-refractivity contribution in [1.29, 1.82) is 0 Å². The predicted octanol–water partition coefficient (Wildman–Crippen LogP) is 4.03. The van der Waals surface area contributed by atoms with Gasteiger partial charge in [0.2, 0.25) is 5.95 Å². The number of anilines is 1. The number of aromatic nitrogens is 2. The van der Waals surface area contributed by atoms with Crippen molar-refractivity contribution in [3.63, 3.8) is 0 Å². The zero-order valence-corrected chi connectivity index (χ0v) is 11.3. The van der Waals surface area contributed by atoms with Gasteiger partial charge >= 0.3 is 0 Å². The van der Waals surface area contributed by atoms with Gasteiger partial charge in [-0.05, 0) is 31.0 Å².